The molecule has 0 aromatic heterocycles. The fourth-order valence-corrected chi connectivity index (χ4v) is 0.250. The molecule has 0 amide bonds. The first kappa shape index (κ1) is 8.02. The standard InChI is InChI=1S/C7H9.Sn.3H/c1-4-7(5-2)6-3;;;;/h4-6H,1-3H2;;;;. The molecular formula is C7H12Sn. The molecule has 0 rings (SSSR count). The third-order valence-electron chi connectivity index (χ3n) is 1.32. The molecule has 0 unspecified atom stereocenters. The van der Waals surface area contributed by atoms with Gasteiger partial charge in [-0.05, 0) is 0 Å². The van der Waals surface area contributed by atoms with Gasteiger partial charge in [0.25, 0.3) is 0 Å². The normalized spacial score (nSPS) is 10.5. The molecule has 0 atom stereocenters. The molecule has 8 heavy (non-hydrogen) atoms. The molecule has 0 spiro atoms. The Labute approximate surface area is 64.1 Å². The summed E-state index contributed by atoms with van der Waals surface area (Å²) in [5, 5.41) is 0. The maximum absolute atomic E-state index is 3.68. The minimum absolute atomic E-state index is 0.127. The van der Waals surface area contributed by atoms with Gasteiger partial charge in [-0.1, -0.05) is 0 Å². The number of rotatable bonds is 3. The fourth-order valence-electron chi connectivity index (χ4n) is 0.250. The van der Waals surface area contributed by atoms with E-state index >= 15 is 0 Å². The van der Waals surface area contributed by atoms with E-state index in [1.54, 1.807) is 0 Å². The zero-order valence-electron chi connectivity index (χ0n) is 5.35. The molecule has 0 heterocycles. The van der Waals surface area contributed by atoms with Crippen molar-refractivity contribution in [2.75, 3.05) is 0 Å². The van der Waals surface area contributed by atoms with E-state index in [2.05, 4.69) is 19.7 Å². The van der Waals surface area contributed by atoms with Crippen LogP contribution in [0.2, 0.25) is 3.43 Å². The van der Waals surface area contributed by atoms with Gasteiger partial charge in [-0.25, -0.2) is 0 Å². The third-order valence-corrected chi connectivity index (χ3v) is 4.82. The molecule has 0 nitrogen and oxygen atoms in total. The summed E-state index contributed by atoms with van der Waals surface area (Å²) in [5.41, 5.74) is 0. The van der Waals surface area contributed by atoms with Crippen molar-refractivity contribution in [3.8, 4) is 0 Å². The van der Waals surface area contributed by atoms with Crippen LogP contribution in [0.5, 0.6) is 0 Å². The average molecular weight is 215 g/mol. The summed E-state index contributed by atoms with van der Waals surface area (Å²) in [7, 11) is 0. The quantitative estimate of drug-likeness (QED) is 0.487. The van der Waals surface area contributed by atoms with Crippen molar-refractivity contribution in [2.24, 2.45) is 0 Å². The van der Waals surface area contributed by atoms with E-state index in [1.165, 1.54) is 0 Å². The van der Waals surface area contributed by atoms with Gasteiger partial charge in [0, 0.05) is 0 Å². The molecule has 0 aliphatic rings. The van der Waals surface area contributed by atoms with Crippen LogP contribution in [0.25, 0.3) is 0 Å². The Hall–Kier alpha value is 0.0187. The second-order valence-electron chi connectivity index (χ2n) is 1.98. The van der Waals surface area contributed by atoms with Crippen LogP contribution in [0, 0.1) is 0 Å². The SMILES string of the molecule is C=C[C]([SnH3])(C=C)C=C. The summed E-state index contributed by atoms with van der Waals surface area (Å²) in [6, 6.07) is 0. The van der Waals surface area contributed by atoms with Crippen LogP contribution in [0.3, 0.4) is 0 Å². The van der Waals surface area contributed by atoms with Gasteiger partial charge < -0.3 is 0 Å². The van der Waals surface area contributed by atoms with Crippen molar-refractivity contribution in [2.45, 2.75) is 3.43 Å². The van der Waals surface area contributed by atoms with Gasteiger partial charge in [-0.3, -0.25) is 0 Å². The molecule has 0 saturated carbocycles. The van der Waals surface area contributed by atoms with E-state index in [4.69, 9.17) is 0 Å². The fraction of sp³-hybridized carbons (Fsp3) is 0.143. The Balaban J connectivity index is 4.18. The Bertz CT molecular complexity index is 91.8. The molecule has 0 radical (unpaired) electrons. The predicted molar refractivity (Wildman–Crippen MR) is 43.2 cm³/mol. The second-order valence-corrected chi connectivity index (χ2v) is 6.92. The molecule has 0 bridgehead atoms. The van der Waals surface area contributed by atoms with Crippen LogP contribution >= 0.6 is 0 Å². The summed E-state index contributed by atoms with van der Waals surface area (Å²) >= 11 is 0.512. The van der Waals surface area contributed by atoms with Gasteiger partial charge in [0.15, 0.2) is 0 Å². The Kier molecular flexibility index (Phi) is 3.13. The van der Waals surface area contributed by atoms with Crippen LogP contribution in [0.1, 0.15) is 0 Å². The van der Waals surface area contributed by atoms with Gasteiger partial charge in [-0.15, -0.1) is 0 Å². The Morgan fingerprint density at radius 1 is 1.00 bits per heavy atom. The first-order valence-corrected chi connectivity index (χ1v) is 5.44. The average Bonchev–Trinajstić information content (AvgIpc) is 1.87. The molecule has 0 saturated heterocycles. The molecule has 1 heteroatoms. The predicted octanol–water partition coefficient (Wildman–Crippen LogP) is 1.07. The Morgan fingerprint density at radius 2 is 1.25 bits per heavy atom. The number of allylic oxidation sites excluding steroid dienone is 3. The molecular weight excluding hydrogens is 203 g/mol. The maximum atomic E-state index is 3.68. The van der Waals surface area contributed by atoms with Crippen molar-refractivity contribution in [1.82, 2.24) is 0 Å². The number of hydrogen-bond donors (Lipinski definition) is 0. The molecule has 0 aromatic carbocycles. The van der Waals surface area contributed by atoms with Gasteiger partial charge in [0.05, 0.1) is 0 Å². The molecule has 0 aliphatic heterocycles. The zero-order valence-corrected chi connectivity index (χ0v) is 11.1. The zero-order chi connectivity index (χ0) is 6.62. The van der Waals surface area contributed by atoms with Gasteiger partial charge in [0.2, 0.25) is 0 Å². The van der Waals surface area contributed by atoms with Crippen molar-refractivity contribution in [1.29, 1.82) is 0 Å². The van der Waals surface area contributed by atoms with Crippen LogP contribution in [0.15, 0.2) is 38.0 Å². The van der Waals surface area contributed by atoms with E-state index in [9.17, 15) is 0 Å². The van der Waals surface area contributed by atoms with E-state index in [0.29, 0.717) is 22.5 Å². The van der Waals surface area contributed by atoms with Crippen molar-refractivity contribution in [3.05, 3.63) is 38.0 Å². The molecule has 0 aliphatic carbocycles. The van der Waals surface area contributed by atoms with Gasteiger partial charge in [-0.2, -0.15) is 0 Å². The van der Waals surface area contributed by atoms with E-state index in [1.807, 2.05) is 18.2 Å². The summed E-state index contributed by atoms with van der Waals surface area (Å²) in [4.78, 5) is 0. The van der Waals surface area contributed by atoms with E-state index in [0.717, 1.165) is 0 Å². The first-order chi connectivity index (χ1) is 3.68. The molecule has 0 aromatic rings. The van der Waals surface area contributed by atoms with Crippen molar-refractivity contribution in [3.63, 3.8) is 0 Å². The minimum atomic E-state index is 0.127. The topological polar surface area (TPSA) is 0 Å². The summed E-state index contributed by atoms with van der Waals surface area (Å²) in [6.45, 7) is 11.1. The van der Waals surface area contributed by atoms with Crippen LogP contribution in [-0.2, 0) is 0 Å². The van der Waals surface area contributed by atoms with Crippen molar-refractivity contribution >= 4 is 22.5 Å². The van der Waals surface area contributed by atoms with E-state index in [-0.39, 0.29) is 3.43 Å². The Morgan fingerprint density at radius 3 is 1.25 bits per heavy atom. The molecule has 44 valence electrons. The van der Waals surface area contributed by atoms with Crippen LogP contribution in [-0.4, -0.2) is 22.5 Å². The molecule has 0 N–H and O–H groups in total. The number of hydrogen-bond acceptors (Lipinski definition) is 0. The summed E-state index contributed by atoms with van der Waals surface area (Å²) < 4.78 is 0.127. The second kappa shape index (κ2) is 3.13. The van der Waals surface area contributed by atoms with Gasteiger partial charge in [0.1, 0.15) is 0 Å². The third kappa shape index (κ3) is 1.86. The summed E-state index contributed by atoms with van der Waals surface area (Å²) in [5.74, 6) is 0. The first-order valence-electron chi connectivity index (χ1n) is 2.59. The van der Waals surface area contributed by atoms with Crippen molar-refractivity contribution < 1.29 is 0 Å². The summed E-state index contributed by atoms with van der Waals surface area (Å²) in [6.07, 6.45) is 5.72. The van der Waals surface area contributed by atoms with Crippen LogP contribution in [0.4, 0.5) is 0 Å². The van der Waals surface area contributed by atoms with Gasteiger partial charge >= 0.3 is 63.9 Å². The molecule has 0 fully saturated rings. The van der Waals surface area contributed by atoms with Crippen LogP contribution < -0.4 is 0 Å². The van der Waals surface area contributed by atoms with E-state index < -0.39 is 0 Å². The monoisotopic (exact) mass is 216 g/mol.